The van der Waals surface area contributed by atoms with Crippen LogP contribution in [0.4, 0.5) is 0 Å². The summed E-state index contributed by atoms with van der Waals surface area (Å²) in [6, 6.07) is 0. The van der Waals surface area contributed by atoms with Crippen LogP contribution >= 0.6 is 0 Å². The molecule has 0 N–H and O–H groups in total. The van der Waals surface area contributed by atoms with Gasteiger partial charge in [-0.15, -0.1) is 0 Å². The van der Waals surface area contributed by atoms with E-state index in [1.807, 2.05) is 0 Å². The average Bonchev–Trinajstić information content (AvgIpc) is 2.66. The van der Waals surface area contributed by atoms with Crippen LogP contribution in [0.2, 0.25) is 0 Å². The second-order valence-corrected chi connectivity index (χ2v) is 3.15. The zero-order chi connectivity index (χ0) is 10.4. The summed E-state index contributed by atoms with van der Waals surface area (Å²) in [7, 11) is 0. The molecule has 68 valence electrons. The molecule has 3 nitrogen and oxygen atoms in total. The van der Waals surface area contributed by atoms with E-state index in [1.165, 1.54) is 6.42 Å². The third kappa shape index (κ3) is 24.5. The molecule has 0 saturated heterocycles. The maximum absolute atomic E-state index is 7.50. The van der Waals surface area contributed by atoms with Crippen molar-refractivity contribution < 1.29 is 58.2 Å². The predicted octanol–water partition coefficient (Wildman–Crippen LogP) is -2.81. The fraction of sp³-hybridized carbons (Fsp3) is 0.125. The molecular formula is C8H5IO3W. The summed E-state index contributed by atoms with van der Waals surface area (Å²) >= 11 is 1.61. The molecule has 6 radical (unpaired) electrons. The third-order valence-electron chi connectivity index (χ3n) is 0.737. The summed E-state index contributed by atoms with van der Waals surface area (Å²) in [5.41, 5.74) is 0. The molecule has 0 aromatic carbocycles. The third-order valence-corrected chi connectivity index (χ3v) is 1.82. The Labute approximate surface area is 107 Å². The Morgan fingerprint density at radius 3 is 1.54 bits per heavy atom. The van der Waals surface area contributed by atoms with E-state index in [0.29, 0.717) is 0 Å². The summed E-state index contributed by atoms with van der Waals surface area (Å²) in [4.78, 5) is 22.5. The van der Waals surface area contributed by atoms with E-state index in [1.54, 1.807) is 23.8 Å². The Hall–Kier alpha value is -0.0917. The average molecular weight is 460 g/mol. The van der Waals surface area contributed by atoms with Gasteiger partial charge in [0.05, 0.1) is 0 Å². The molecule has 1 aliphatic rings. The number of hydrogen-bond acceptors (Lipinski definition) is 3. The second kappa shape index (κ2) is 29.7. The quantitative estimate of drug-likeness (QED) is 0.368. The fourth-order valence-electron chi connectivity index (χ4n) is 0.428. The molecule has 0 unspecified atom stereocenters. The van der Waals surface area contributed by atoms with Gasteiger partial charge in [0.1, 0.15) is 0 Å². The first-order valence-corrected chi connectivity index (χ1v) is 4.00. The number of hydrogen-bond donors (Lipinski definition) is 0. The summed E-state index contributed by atoms with van der Waals surface area (Å²) < 4.78 is 1.55. The van der Waals surface area contributed by atoms with Gasteiger partial charge in [0.15, 0.2) is 0 Å². The van der Waals surface area contributed by atoms with Crippen LogP contribution in [0.5, 0.6) is 0 Å². The van der Waals surface area contributed by atoms with Crippen LogP contribution in [0, 0.1) is 0 Å². The molecule has 0 spiro atoms. The van der Waals surface area contributed by atoms with E-state index in [9.17, 15) is 0 Å². The summed E-state index contributed by atoms with van der Waals surface area (Å²) in [5, 5.41) is 0. The van der Waals surface area contributed by atoms with Crippen molar-refractivity contribution in [1.82, 2.24) is 0 Å². The van der Waals surface area contributed by atoms with Gasteiger partial charge in [-0.2, -0.15) is 0 Å². The van der Waals surface area contributed by atoms with E-state index in [0.717, 1.165) is 0 Å². The van der Waals surface area contributed by atoms with Crippen molar-refractivity contribution >= 4 is 20.4 Å². The van der Waals surface area contributed by atoms with Crippen molar-refractivity contribution in [2.75, 3.05) is 0 Å². The molecule has 0 aromatic heterocycles. The Balaban J connectivity index is -0.0000000508. The van der Waals surface area contributed by atoms with E-state index in [2.05, 4.69) is 38.6 Å². The van der Waals surface area contributed by atoms with Crippen LogP contribution < -0.4 is 24.0 Å². The Morgan fingerprint density at radius 1 is 1.08 bits per heavy atom. The van der Waals surface area contributed by atoms with Gasteiger partial charge < -0.3 is 24.0 Å². The van der Waals surface area contributed by atoms with Gasteiger partial charge in [-0.1, -0.05) is 0 Å². The van der Waals surface area contributed by atoms with Crippen LogP contribution in [0.1, 0.15) is 6.42 Å². The van der Waals surface area contributed by atoms with Crippen molar-refractivity contribution in [1.29, 1.82) is 0 Å². The molecule has 0 aromatic rings. The molecule has 0 heterocycles. The summed E-state index contributed by atoms with van der Waals surface area (Å²) in [6.07, 6.45) is 7.68. The van der Waals surface area contributed by atoms with Gasteiger partial charge in [-0.05, 0) is 0 Å². The first-order valence-electron chi connectivity index (χ1n) is 2.53. The molecule has 5 heteroatoms. The summed E-state index contributed by atoms with van der Waals surface area (Å²) in [6.45, 7) is 13.5. The zero-order valence-electron chi connectivity index (χ0n) is 6.45. The zero-order valence-corrected chi connectivity index (χ0v) is 11.5. The molecule has 0 aliphatic heterocycles. The predicted molar refractivity (Wildman–Crippen MR) is 38.9 cm³/mol. The van der Waals surface area contributed by atoms with E-state index >= 15 is 0 Å². The van der Waals surface area contributed by atoms with Crippen LogP contribution in [0.25, 0.3) is 0 Å². The van der Waals surface area contributed by atoms with E-state index in [-0.39, 0.29) is 24.0 Å². The molecule has 1 aliphatic carbocycles. The van der Waals surface area contributed by atoms with Gasteiger partial charge in [-0.25, -0.2) is 0 Å². The van der Waals surface area contributed by atoms with Crippen molar-refractivity contribution in [3.05, 3.63) is 22.2 Å². The van der Waals surface area contributed by atoms with Crippen molar-refractivity contribution in [3.63, 3.8) is 0 Å². The Kier molecular flexibility index (Phi) is 52.7. The first kappa shape index (κ1) is 23.1. The number of carbonyl (C=O) groups excluding carboxylic acids is 3. The molecule has 0 fully saturated rings. The van der Waals surface area contributed by atoms with Crippen molar-refractivity contribution in [2.24, 2.45) is 0 Å². The molecule has 0 atom stereocenters. The number of allylic oxidation sites excluding steroid dienone is 4. The van der Waals surface area contributed by atoms with Gasteiger partial charge in [0.25, 0.3) is 20.4 Å². The van der Waals surface area contributed by atoms with Crippen LogP contribution in [0.3, 0.4) is 0 Å². The van der Waals surface area contributed by atoms with Crippen LogP contribution in [-0.2, 0) is 34.2 Å². The van der Waals surface area contributed by atoms with E-state index in [4.69, 9.17) is 14.4 Å². The van der Waals surface area contributed by atoms with Crippen LogP contribution in [-0.4, -0.2) is 20.4 Å². The van der Waals surface area contributed by atoms with Gasteiger partial charge in [-0.3, -0.25) is 14.4 Å². The monoisotopic (exact) mass is 460 g/mol. The van der Waals surface area contributed by atoms with Crippen molar-refractivity contribution in [3.8, 4) is 0 Å². The Morgan fingerprint density at radius 2 is 1.46 bits per heavy atom. The first-order chi connectivity index (χ1) is 5.89. The molecular weight excluding hydrogens is 455 g/mol. The standard InChI is InChI=1S/C5H5.3CO.HI.W/c1-2-4-5-3-1;3*1-2;;/h1-3H,4H2;;;;1H;/q;;;;;+1/p-1. The normalized spacial score (nSPS) is 9.38. The van der Waals surface area contributed by atoms with Crippen LogP contribution in [0.15, 0.2) is 22.2 Å². The van der Waals surface area contributed by atoms with Gasteiger partial charge in [0.2, 0.25) is 0 Å². The minimum absolute atomic E-state index is 0. The minimum atomic E-state index is 0. The molecule has 0 bridgehead atoms. The second-order valence-electron chi connectivity index (χ2n) is 1.27. The maximum atomic E-state index is 7.50. The molecule has 0 amide bonds. The summed E-state index contributed by atoms with van der Waals surface area (Å²) in [5.74, 6) is 0. The Bertz CT molecular complexity index is 144. The SMILES string of the molecule is [C]=O.[C]=O.[C]=O.[I-].[W+][C]1=CC=CC1. The molecule has 13 heavy (non-hydrogen) atoms. The number of halogens is 1. The molecule has 1 rings (SSSR count). The van der Waals surface area contributed by atoms with Gasteiger partial charge >= 0.3 is 48.4 Å². The van der Waals surface area contributed by atoms with E-state index < -0.39 is 0 Å². The molecule has 0 saturated carbocycles. The number of rotatable bonds is 0. The van der Waals surface area contributed by atoms with Crippen molar-refractivity contribution in [2.45, 2.75) is 6.42 Å². The van der Waals surface area contributed by atoms with Gasteiger partial charge in [0, 0.05) is 0 Å². The topological polar surface area (TPSA) is 51.2 Å². The fourth-order valence-corrected chi connectivity index (χ4v) is 1.06.